The molecule has 2 aliphatic carbocycles. The molecule has 4 fully saturated rings. The molecule has 2 saturated heterocycles. The molecule has 0 radical (unpaired) electrons. The molecule has 0 bridgehead atoms. The van der Waals surface area contributed by atoms with E-state index in [4.69, 9.17) is 0 Å². The highest BCUT2D eigenvalue weighted by Crippen LogP contribution is 2.50. The van der Waals surface area contributed by atoms with E-state index in [9.17, 15) is 9.90 Å². The van der Waals surface area contributed by atoms with Gasteiger partial charge in [-0.15, -0.1) is 12.4 Å². The number of piperidine rings is 1. The van der Waals surface area contributed by atoms with Gasteiger partial charge >= 0.3 is 6.03 Å². The Morgan fingerprint density at radius 3 is 2.21 bits per heavy atom. The van der Waals surface area contributed by atoms with Crippen LogP contribution in [0.1, 0.15) is 63.4 Å². The number of amides is 2. The van der Waals surface area contributed by atoms with Crippen molar-refractivity contribution in [3.8, 4) is 0 Å². The van der Waals surface area contributed by atoms with Crippen molar-refractivity contribution in [2.45, 2.75) is 80.5 Å². The molecular formula is C26H41ClN4O2. The van der Waals surface area contributed by atoms with Crippen molar-refractivity contribution in [1.29, 1.82) is 0 Å². The fourth-order valence-corrected chi connectivity index (χ4v) is 6.80. The van der Waals surface area contributed by atoms with Gasteiger partial charge < -0.3 is 20.2 Å². The first-order valence-corrected chi connectivity index (χ1v) is 12.6. The third-order valence-electron chi connectivity index (χ3n) is 9.18. The number of β-amino-alcohol motifs (C(OH)–C–C–N with tert-alkyl or cyclic N) is 1. The van der Waals surface area contributed by atoms with E-state index in [1.807, 2.05) is 0 Å². The zero-order valence-electron chi connectivity index (χ0n) is 20.3. The zero-order valence-corrected chi connectivity index (χ0v) is 21.1. The Labute approximate surface area is 205 Å². The number of carbonyl (C=O) groups excluding carboxylic acids is 1. The second-order valence-corrected chi connectivity index (χ2v) is 11.1. The van der Waals surface area contributed by atoms with Gasteiger partial charge in [-0.25, -0.2) is 4.79 Å². The van der Waals surface area contributed by atoms with Gasteiger partial charge in [0.05, 0.1) is 17.7 Å². The second kappa shape index (κ2) is 9.37. The van der Waals surface area contributed by atoms with Crippen LogP contribution in [0.25, 0.3) is 0 Å². The molecular weight excluding hydrogens is 436 g/mol. The molecule has 1 aromatic carbocycles. The number of aliphatic hydroxyl groups is 1. The quantitative estimate of drug-likeness (QED) is 0.682. The van der Waals surface area contributed by atoms with Crippen LogP contribution in [0.2, 0.25) is 0 Å². The number of nitrogens with one attached hydrogen (secondary N) is 1. The van der Waals surface area contributed by atoms with Crippen LogP contribution < -0.4 is 5.32 Å². The van der Waals surface area contributed by atoms with E-state index in [2.05, 4.69) is 64.4 Å². The number of urea groups is 1. The maximum absolute atomic E-state index is 13.8. The zero-order chi connectivity index (χ0) is 22.4. The van der Waals surface area contributed by atoms with Crippen LogP contribution in [0, 0.1) is 0 Å². The standard InChI is InChI=1S/C26H40N4O2.ClH/c1-28(2)26(21-7-4-3-5-8-21)15-13-24(14-16-26)19-29(22-9-17-27-18-10-22)23(31)30(24)20-25(32)11-6-12-25;/h3-5,7-8,22,27,32H,6,9-20H2,1-2H3;1H. The van der Waals surface area contributed by atoms with E-state index in [1.54, 1.807) is 0 Å². The van der Waals surface area contributed by atoms with Crippen LogP contribution in [0.5, 0.6) is 0 Å². The van der Waals surface area contributed by atoms with Gasteiger partial charge in [0.1, 0.15) is 0 Å². The minimum Gasteiger partial charge on any atom is -0.388 e. The Hall–Kier alpha value is -1.34. The molecule has 33 heavy (non-hydrogen) atoms. The Balaban J connectivity index is 0.00000259. The molecule has 5 rings (SSSR count). The monoisotopic (exact) mass is 476 g/mol. The van der Waals surface area contributed by atoms with E-state index in [0.717, 1.165) is 77.4 Å². The summed E-state index contributed by atoms with van der Waals surface area (Å²) < 4.78 is 0. The maximum Gasteiger partial charge on any atom is 0.320 e. The van der Waals surface area contributed by atoms with Gasteiger partial charge in [-0.1, -0.05) is 30.3 Å². The molecule has 2 amide bonds. The van der Waals surface area contributed by atoms with Crippen LogP contribution in [0.4, 0.5) is 4.79 Å². The van der Waals surface area contributed by atoms with E-state index in [0.29, 0.717) is 12.6 Å². The molecule has 6 nitrogen and oxygen atoms in total. The molecule has 4 aliphatic rings. The highest BCUT2D eigenvalue weighted by Gasteiger charge is 2.57. The fraction of sp³-hybridized carbons (Fsp3) is 0.731. The average Bonchev–Trinajstić information content (AvgIpc) is 3.06. The van der Waals surface area contributed by atoms with Gasteiger partial charge in [-0.05, 0) is 90.5 Å². The van der Waals surface area contributed by atoms with E-state index in [-0.39, 0.29) is 29.5 Å². The number of rotatable bonds is 5. The summed E-state index contributed by atoms with van der Waals surface area (Å²) in [7, 11) is 4.39. The number of halogens is 1. The molecule has 0 aromatic heterocycles. The largest absolute Gasteiger partial charge is 0.388 e. The highest BCUT2D eigenvalue weighted by atomic mass is 35.5. The van der Waals surface area contributed by atoms with Crippen molar-refractivity contribution in [1.82, 2.24) is 20.0 Å². The van der Waals surface area contributed by atoms with E-state index in [1.165, 1.54) is 5.56 Å². The van der Waals surface area contributed by atoms with Crippen LogP contribution >= 0.6 is 12.4 Å². The summed E-state index contributed by atoms with van der Waals surface area (Å²) in [5.41, 5.74) is 0.559. The smallest absolute Gasteiger partial charge is 0.320 e. The summed E-state index contributed by atoms with van der Waals surface area (Å²) in [4.78, 5) is 20.5. The molecule has 1 aromatic rings. The molecule has 2 heterocycles. The maximum atomic E-state index is 13.8. The molecule has 0 unspecified atom stereocenters. The summed E-state index contributed by atoms with van der Waals surface area (Å²) in [6, 6.07) is 11.4. The number of nitrogens with zero attached hydrogens (tertiary/aromatic N) is 3. The van der Waals surface area contributed by atoms with Crippen LogP contribution in [-0.2, 0) is 5.54 Å². The second-order valence-electron chi connectivity index (χ2n) is 11.1. The van der Waals surface area contributed by atoms with Crippen molar-refractivity contribution in [3.63, 3.8) is 0 Å². The predicted molar refractivity (Wildman–Crippen MR) is 134 cm³/mol. The van der Waals surface area contributed by atoms with Gasteiger partial charge in [0.2, 0.25) is 0 Å². The highest BCUT2D eigenvalue weighted by molar-refractivity contribution is 5.85. The Morgan fingerprint density at radius 1 is 1.03 bits per heavy atom. The van der Waals surface area contributed by atoms with Crippen molar-refractivity contribution in [2.24, 2.45) is 0 Å². The molecule has 2 N–H and O–H groups in total. The van der Waals surface area contributed by atoms with Crippen molar-refractivity contribution >= 4 is 18.4 Å². The number of hydrogen-bond acceptors (Lipinski definition) is 4. The molecule has 0 atom stereocenters. The number of hydrogen-bond donors (Lipinski definition) is 2. The SMILES string of the molecule is CN(C)C1(c2ccccc2)CCC2(CC1)CN(C1CCNCC1)C(=O)N2CC1(O)CCC1.Cl. The topological polar surface area (TPSA) is 59.0 Å². The lowest BCUT2D eigenvalue weighted by atomic mass is 9.67. The van der Waals surface area contributed by atoms with Crippen molar-refractivity contribution in [2.75, 3.05) is 40.3 Å². The minimum absolute atomic E-state index is 0. The Bertz CT molecular complexity index is 815. The number of benzene rings is 1. The Kier molecular flexibility index (Phi) is 7.03. The molecule has 7 heteroatoms. The molecule has 184 valence electrons. The van der Waals surface area contributed by atoms with Gasteiger partial charge in [0, 0.05) is 18.1 Å². The summed E-state index contributed by atoms with van der Waals surface area (Å²) in [5, 5.41) is 14.5. The first kappa shape index (κ1) is 24.8. The first-order chi connectivity index (χ1) is 15.4. The lowest BCUT2D eigenvalue weighted by Crippen LogP contribution is -2.59. The van der Waals surface area contributed by atoms with E-state index < -0.39 is 5.60 Å². The summed E-state index contributed by atoms with van der Waals surface area (Å²) in [6.45, 7) is 3.31. The van der Waals surface area contributed by atoms with E-state index >= 15 is 0 Å². The van der Waals surface area contributed by atoms with Crippen LogP contribution in [0.15, 0.2) is 30.3 Å². The third kappa shape index (κ3) is 4.29. The summed E-state index contributed by atoms with van der Waals surface area (Å²) in [6.07, 6.45) is 8.83. The normalized spacial score (nSPS) is 32.2. The third-order valence-corrected chi connectivity index (χ3v) is 9.18. The molecule has 2 aliphatic heterocycles. The van der Waals surface area contributed by atoms with Crippen molar-refractivity contribution in [3.05, 3.63) is 35.9 Å². The lowest BCUT2D eigenvalue weighted by Gasteiger charge is -2.52. The minimum atomic E-state index is -0.678. The summed E-state index contributed by atoms with van der Waals surface area (Å²) >= 11 is 0. The van der Waals surface area contributed by atoms with Gasteiger partial charge in [0.25, 0.3) is 0 Å². The average molecular weight is 477 g/mol. The van der Waals surface area contributed by atoms with Crippen LogP contribution in [-0.4, -0.2) is 83.3 Å². The first-order valence-electron chi connectivity index (χ1n) is 12.6. The van der Waals surface area contributed by atoms with Gasteiger partial charge in [-0.3, -0.25) is 4.90 Å². The van der Waals surface area contributed by atoms with Crippen LogP contribution in [0.3, 0.4) is 0 Å². The molecule has 1 spiro atoms. The Morgan fingerprint density at radius 2 is 1.67 bits per heavy atom. The van der Waals surface area contributed by atoms with Crippen molar-refractivity contribution < 1.29 is 9.90 Å². The molecule has 2 saturated carbocycles. The lowest BCUT2D eigenvalue weighted by molar-refractivity contribution is -0.0725. The fourth-order valence-electron chi connectivity index (χ4n) is 6.80. The summed E-state index contributed by atoms with van der Waals surface area (Å²) in [5.74, 6) is 0. The number of carbonyl (C=O) groups is 1. The van der Waals surface area contributed by atoms with Gasteiger partial charge in [0.15, 0.2) is 0 Å². The predicted octanol–water partition coefficient (Wildman–Crippen LogP) is 3.58. The van der Waals surface area contributed by atoms with Gasteiger partial charge in [-0.2, -0.15) is 0 Å².